The number of hydrogen-bond donors (Lipinski definition) is 2. The Labute approximate surface area is 178 Å². The molecule has 0 saturated carbocycles. The van der Waals surface area contributed by atoms with Crippen LogP contribution in [0.3, 0.4) is 0 Å². The summed E-state index contributed by atoms with van der Waals surface area (Å²) in [6.45, 7) is 2.37. The lowest BCUT2D eigenvalue weighted by Gasteiger charge is -2.09. The number of nitrogens with one attached hydrogen (secondary N) is 1. The molecule has 2 aromatic carbocycles. The number of aromatic nitrogens is 3. The molecule has 0 bridgehead atoms. The highest BCUT2D eigenvalue weighted by Crippen LogP contribution is 2.19. The fourth-order valence-electron chi connectivity index (χ4n) is 2.69. The van der Waals surface area contributed by atoms with Gasteiger partial charge in [0.1, 0.15) is 12.4 Å². The van der Waals surface area contributed by atoms with Crippen molar-refractivity contribution in [1.82, 2.24) is 14.8 Å². The number of aryl methyl sites for hydroxylation is 1. The van der Waals surface area contributed by atoms with Gasteiger partial charge in [0.2, 0.25) is 5.91 Å². The van der Waals surface area contributed by atoms with Gasteiger partial charge in [-0.3, -0.25) is 9.59 Å². The number of para-hydroxylation sites is 1. The molecule has 8 nitrogen and oxygen atoms in total. The zero-order chi connectivity index (χ0) is 21.5. The van der Waals surface area contributed by atoms with E-state index in [-0.39, 0.29) is 23.8 Å². The third kappa shape index (κ3) is 5.38. The van der Waals surface area contributed by atoms with Crippen molar-refractivity contribution in [3.63, 3.8) is 0 Å². The van der Waals surface area contributed by atoms with Crippen molar-refractivity contribution in [3.8, 4) is 5.75 Å². The molecule has 3 aromatic rings. The lowest BCUT2D eigenvalue weighted by molar-refractivity contribution is -0.113. The molecule has 156 valence electrons. The summed E-state index contributed by atoms with van der Waals surface area (Å²) in [5, 5.41) is 11.6. The molecule has 0 aliphatic rings. The first-order valence-corrected chi connectivity index (χ1v) is 10.4. The van der Waals surface area contributed by atoms with Crippen LogP contribution in [0.5, 0.6) is 5.75 Å². The highest BCUT2D eigenvalue weighted by Gasteiger charge is 2.14. The Morgan fingerprint density at radius 2 is 1.87 bits per heavy atom. The molecular weight excluding hydrogens is 402 g/mol. The summed E-state index contributed by atoms with van der Waals surface area (Å²) in [6, 6.07) is 14.5. The molecule has 0 spiro atoms. The van der Waals surface area contributed by atoms with E-state index >= 15 is 0 Å². The Morgan fingerprint density at radius 3 is 2.57 bits per heavy atom. The number of thioether (sulfide) groups is 1. The number of hydrogen-bond acceptors (Lipinski definition) is 6. The highest BCUT2D eigenvalue weighted by atomic mass is 32.2. The van der Waals surface area contributed by atoms with Gasteiger partial charge >= 0.3 is 0 Å². The first-order valence-electron chi connectivity index (χ1n) is 9.39. The van der Waals surface area contributed by atoms with Crippen LogP contribution in [0.4, 0.5) is 5.69 Å². The second kappa shape index (κ2) is 9.93. The summed E-state index contributed by atoms with van der Waals surface area (Å²) in [7, 11) is 1.82. The Balaban J connectivity index is 1.54. The average Bonchev–Trinajstić information content (AvgIpc) is 3.10. The number of ether oxygens (including phenoxy) is 1. The smallest absolute Gasteiger partial charge is 0.250 e. The van der Waals surface area contributed by atoms with Crippen LogP contribution >= 0.6 is 11.8 Å². The van der Waals surface area contributed by atoms with Crippen molar-refractivity contribution in [2.45, 2.75) is 25.1 Å². The van der Waals surface area contributed by atoms with E-state index in [4.69, 9.17) is 10.5 Å². The SMILES string of the molecule is CCc1ccc(OCc2nnc(SCC(=O)Nc3ccccc3C(N)=O)n2C)cc1. The normalized spacial score (nSPS) is 10.6. The molecular formula is C21H23N5O3S. The molecule has 1 heterocycles. The minimum absolute atomic E-state index is 0.110. The van der Waals surface area contributed by atoms with Gasteiger partial charge in [0.15, 0.2) is 11.0 Å². The Kier molecular flexibility index (Phi) is 7.08. The van der Waals surface area contributed by atoms with Gasteiger partial charge in [0.05, 0.1) is 17.0 Å². The third-order valence-corrected chi connectivity index (χ3v) is 5.44. The molecule has 0 fully saturated rings. The molecule has 30 heavy (non-hydrogen) atoms. The van der Waals surface area contributed by atoms with Gasteiger partial charge < -0.3 is 20.4 Å². The van der Waals surface area contributed by atoms with E-state index in [1.165, 1.54) is 17.3 Å². The maximum absolute atomic E-state index is 12.3. The van der Waals surface area contributed by atoms with Crippen LogP contribution in [0.2, 0.25) is 0 Å². The summed E-state index contributed by atoms with van der Waals surface area (Å²) >= 11 is 1.24. The van der Waals surface area contributed by atoms with Crippen LogP contribution in [0, 0.1) is 0 Å². The number of primary amides is 1. The number of rotatable bonds is 9. The molecule has 0 aliphatic heterocycles. The van der Waals surface area contributed by atoms with Crippen LogP contribution in [0.25, 0.3) is 0 Å². The van der Waals surface area contributed by atoms with E-state index in [0.29, 0.717) is 16.7 Å². The van der Waals surface area contributed by atoms with E-state index in [9.17, 15) is 9.59 Å². The first kappa shape index (κ1) is 21.4. The van der Waals surface area contributed by atoms with Crippen LogP contribution < -0.4 is 15.8 Å². The number of carbonyl (C=O) groups is 2. The topological polar surface area (TPSA) is 112 Å². The minimum atomic E-state index is -0.596. The number of nitrogens with zero attached hydrogens (tertiary/aromatic N) is 3. The molecule has 3 rings (SSSR count). The molecule has 9 heteroatoms. The molecule has 2 amide bonds. The van der Waals surface area contributed by atoms with Gasteiger partial charge in [-0.05, 0) is 36.2 Å². The number of nitrogens with two attached hydrogens (primary N) is 1. The first-order chi connectivity index (χ1) is 14.5. The molecule has 3 N–H and O–H groups in total. The number of benzene rings is 2. The predicted octanol–water partition coefficient (Wildman–Crippen LogP) is 2.79. The lowest BCUT2D eigenvalue weighted by atomic mass is 10.1. The van der Waals surface area contributed by atoms with Crippen molar-refractivity contribution in [2.75, 3.05) is 11.1 Å². The minimum Gasteiger partial charge on any atom is -0.486 e. The van der Waals surface area contributed by atoms with E-state index in [1.54, 1.807) is 28.8 Å². The summed E-state index contributed by atoms with van der Waals surface area (Å²) in [6.07, 6.45) is 0.978. The molecule has 0 atom stereocenters. The van der Waals surface area contributed by atoms with Gasteiger partial charge in [-0.1, -0.05) is 43.0 Å². The van der Waals surface area contributed by atoms with Crippen molar-refractivity contribution in [1.29, 1.82) is 0 Å². The van der Waals surface area contributed by atoms with Crippen LogP contribution in [0.15, 0.2) is 53.7 Å². The molecule has 0 aliphatic carbocycles. The maximum atomic E-state index is 12.3. The largest absolute Gasteiger partial charge is 0.486 e. The van der Waals surface area contributed by atoms with Crippen molar-refractivity contribution < 1.29 is 14.3 Å². The van der Waals surface area contributed by atoms with Gasteiger partial charge in [0, 0.05) is 7.05 Å². The van der Waals surface area contributed by atoms with Gasteiger partial charge in [0.25, 0.3) is 5.91 Å². The van der Waals surface area contributed by atoms with Crippen LogP contribution in [0.1, 0.15) is 28.7 Å². The van der Waals surface area contributed by atoms with Gasteiger partial charge in [-0.25, -0.2) is 0 Å². The molecule has 0 saturated heterocycles. The lowest BCUT2D eigenvalue weighted by Crippen LogP contribution is -2.19. The predicted molar refractivity (Wildman–Crippen MR) is 115 cm³/mol. The second-order valence-corrected chi connectivity index (χ2v) is 7.43. The van der Waals surface area contributed by atoms with Crippen molar-refractivity contribution >= 4 is 29.3 Å². The number of amides is 2. The van der Waals surface area contributed by atoms with E-state index in [0.717, 1.165) is 12.2 Å². The van der Waals surface area contributed by atoms with Crippen LogP contribution in [-0.2, 0) is 24.9 Å². The molecule has 0 unspecified atom stereocenters. The summed E-state index contributed by atoms with van der Waals surface area (Å²) < 4.78 is 7.56. The zero-order valence-electron chi connectivity index (χ0n) is 16.8. The maximum Gasteiger partial charge on any atom is 0.250 e. The monoisotopic (exact) mass is 425 g/mol. The Morgan fingerprint density at radius 1 is 1.13 bits per heavy atom. The van der Waals surface area contributed by atoms with E-state index < -0.39 is 5.91 Å². The fraction of sp³-hybridized carbons (Fsp3) is 0.238. The van der Waals surface area contributed by atoms with Crippen molar-refractivity contribution in [3.05, 3.63) is 65.5 Å². The molecule has 1 aromatic heterocycles. The second-order valence-electron chi connectivity index (χ2n) is 6.49. The zero-order valence-corrected chi connectivity index (χ0v) is 17.6. The third-order valence-electron chi connectivity index (χ3n) is 4.42. The van der Waals surface area contributed by atoms with E-state index in [2.05, 4.69) is 22.4 Å². The molecule has 0 radical (unpaired) electrons. The van der Waals surface area contributed by atoms with Crippen LogP contribution in [-0.4, -0.2) is 32.3 Å². The van der Waals surface area contributed by atoms with E-state index in [1.807, 2.05) is 31.3 Å². The quantitative estimate of drug-likeness (QED) is 0.510. The summed E-state index contributed by atoms with van der Waals surface area (Å²) in [5.74, 6) is 0.651. The Bertz CT molecular complexity index is 1030. The summed E-state index contributed by atoms with van der Waals surface area (Å²) in [5.41, 5.74) is 7.23. The van der Waals surface area contributed by atoms with Gasteiger partial charge in [-0.15, -0.1) is 10.2 Å². The highest BCUT2D eigenvalue weighted by molar-refractivity contribution is 7.99. The number of anilines is 1. The standard InChI is InChI=1S/C21H23N5O3S/c1-3-14-8-10-15(11-9-14)29-12-18-24-25-21(26(18)2)30-13-19(27)23-17-7-5-4-6-16(17)20(22)28/h4-11H,3,12-13H2,1-2H3,(H2,22,28)(H,23,27). The average molecular weight is 426 g/mol. The van der Waals surface area contributed by atoms with Gasteiger partial charge in [-0.2, -0.15) is 0 Å². The summed E-state index contributed by atoms with van der Waals surface area (Å²) in [4.78, 5) is 23.7. The fourth-order valence-corrected chi connectivity index (χ4v) is 3.42. The van der Waals surface area contributed by atoms with Crippen molar-refractivity contribution in [2.24, 2.45) is 12.8 Å². The Hall–Kier alpha value is -3.33. The number of carbonyl (C=O) groups excluding carboxylic acids is 2.